The molecule has 0 atom stereocenters. The molecule has 1 aliphatic rings. The maximum absolute atomic E-state index is 12.4. The van der Waals surface area contributed by atoms with E-state index in [9.17, 15) is 9.59 Å². The molecule has 0 unspecified atom stereocenters. The topological polar surface area (TPSA) is 64.7 Å². The molecule has 1 saturated heterocycles. The van der Waals surface area contributed by atoms with Crippen LogP contribution in [0, 0.1) is 5.92 Å². The van der Waals surface area contributed by atoms with Gasteiger partial charge in [0, 0.05) is 42.7 Å². The van der Waals surface area contributed by atoms with Crippen molar-refractivity contribution in [2.24, 2.45) is 5.92 Å². The van der Waals surface area contributed by atoms with Gasteiger partial charge >= 0.3 is 0 Å². The van der Waals surface area contributed by atoms with Gasteiger partial charge in [-0.2, -0.15) is 0 Å². The Kier molecular flexibility index (Phi) is 7.29. The van der Waals surface area contributed by atoms with Crippen molar-refractivity contribution >= 4 is 52.1 Å². The quantitative estimate of drug-likeness (QED) is 0.703. The Morgan fingerprint density at radius 2 is 1.73 bits per heavy atom. The lowest BCUT2D eigenvalue weighted by molar-refractivity contribution is -0.134. The predicted octanol–water partition coefficient (Wildman–Crippen LogP) is 3.77. The number of hydrogen-bond donors (Lipinski definition) is 2. The number of carbonyl (C=O) groups excluding carboxylic acids is 2. The zero-order valence-corrected chi connectivity index (χ0v) is 18.6. The van der Waals surface area contributed by atoms with Gasteiger partial charge < -0.3 is 15.1 Å². The largest absolute Gasteiger partial charge is 0.366 e. The zero-order valence-electron chi connectivity index (χ0n) is 17.0. The summed E-state index contributed by atoms with van der Waals surface area (Å²) in [6.45, 7) is 6.68. The number of nitrogens with zero attached hydrogens (tertiary/aromatic N) is 2. The first-order chi connectivity index (χ1) is 14.3. The van der Waals surface area contributed by atoms with Crippen LogP contribution in [0.25, 0.3) is 0 Å². The van der Waals surface area contributed by atoms with Gasteiger partial charge in [-0.25, -0.2) is 0 Å². The van der Waals surface area contributed by atoms with E-state index >= 15 is 0 Å². The van der Waals surface area contributed by atoms with Crippen LogP contribution in [-0.4, -0.2) is 48.0 Å². The third kappa shape index (κ3) is 5.49. The molecule has 2 amide bonds. The molecule has 0 aromatic heterocycles. The molecular formula is C22H25ClN4O2S. The highest BCUT2D eigenvalue weighted by Gasteiger charge is 2.24. The Bertz CT molecular complexity index is 942. The van der Waals surface area contributed by atoms with Crippen molar-refractivity contribution in [2.75, 3.05) is 36.4 Å². The van der Waals surface area contributed by atoms with Gasteiger partial charge in [-0.05, 0) is 42.5 Å². The van der Waals surface area contributed by atoms with Crippen LogP contribution in [0.5, 0.6) is 0 Å². The molecule has 2 N–H and O–H groups in total. The van der Waals surface area contributed by atoms with Crippen molar-refractivity contribution < 1.29 is 9.59 Å². The fourth-order valence-corrected chi connectivity index (χ4v) is 3.74. The van der Waals surface area contributed by atoms with Gasteiger partial charge in [0.15, 0.2) is 5.11 Å². The lowest BCUT2D eigenvalue weighted by atomic mass is 10.1. The number of nitrogens with one attached hydrogen (secondary N) is 2. The fraction of sp³-hybridized carbons (Fsp3) is 0.318. The van der Waals surface area contributed by atoms with Crippen LogP contribution in [0.2, 0.25) is 5.02 Å². The number of hydrogen-bond acceptors (Lipinski definition) is 4. The first-order valence-corrected chi connectivity index (χ1v) is 10.6. The molecule has 1 aliphatic heterocycles. The number of rotatable bonds is 4. The molecule has 1 fully saturated rings. The van der Waals surface area contributed by atoms with E-state index in [4.69, 9.17) is 23.8 Å². The summed E-state index contributed by atoms with van der Waals surface area (Å²) >= 11 is 11.3. The second-order valence-electron chi connectivity index (χ2n) is 7.40. The molecule has 0 aliphatic carbocycles. The molecule has 2 aromatic rings. The van der Waals surface area contributed by atoms with Crippen molar-refractivity contribution in [2.45, 2.75) is 13.8 Å². The summed E-state index contributed by atoms with van der Waals surface area (Å²) in [4.78, 5) is 28.7. The Morgan fingerprint density at radius 1 is 1.03 bits per heavy atom. The number of halogens is 1. The summed E-state index contributed by atoms with van der Waals surface area (Å²) in [5.41, 5.74) is 2.22. The second kappa shape index (κ2) is 9.91. The minimum Gasteiger partial charge on any atom is -0.366 e. The number of piperazine rings is 1. The summed E-state index contributed by atoms with van der Waals surface area (Å²) in [7, 11) is 0. The van der Waals surface area contributed by atoms with Crippen molar-refractivity contribution in [1.29, 1.82) is 0 Å². The van der Waals surface area contributed by atoms with E-state index in [1.165, 1.54) is 0 Å². The van der Waals surface area contributed by atoms with Gasteiger partial charge in [0.1, 0.15) is 0 Å². The van der Waals surface area contributed by atoms with Crippen LogP contribution < -0.4 is 15.5 Å². The monoisotopic (exact) mass is 444 g/mol. The summed E-state index contributed by atoms with van der Waals surface area (Å²) in [6, 6.07) is 14.5. The van der Waals surface area contributed by atoms with Crippen LogP contribution in [0.3, 0.4) is 0 Å². The van der Waals surface area contributed by atoms with Gasteiger partial charge in [-0.3, -0.25) is 14.9 Å². The number of carbonyl (C=O) groups is 2. The average Bonchev–Trinajstić information content (AvgIpc) is 2.73. The molecule has 30 heavy (non-hydrogen) atoms. The Hall–Kier alpha value is -2.64. The molecule has 0 bridgehead atoms. The highest BCUT2D eigenvalue weighted by atomic mass is 35.5. The Labute approximate surface area is 187 Å². The average molecular weight is 445 g/mol. The van der Waals surface area contributed by atoms with Crippen LogP contribution >= 0.6 is 23.8 Å². The summed E-state index contributed by atoms with van der Waals surface area (Å²) in [5, 5.41) is 6.50. The van der Waals surface area contributed by atoms with E-state index in [0.29, 0.717) is 23.7 Å². The standard InChI is InChI=1S/C22H25ClN4O2S/c1-15(2)21(29)27-12-10-26(11-13-27)19-9-4-3-8-18(19)24-22(30)25-20(28)16-6-5-7-17(23)14-16/h3-9,14-15H,10-13H2,1-2H3,(H2,24,25,28,30). The Balaban J connectivity index is 1.63. The first kappa shape index (κ1) is 22.1. The van der Waals surface area contributed by atoms with Gasteiger partial charge in [-0.15, -0.1) is 0 Å². The molecule has 0 saturated carbocycles. The maximum Gasteiger partial charge on any atom is 0.257 e. The molecule has 0 spiro atoms. The number of amides is 2. The number of thiocarbonyl (C=S) groups is 1. The highest BCUT2D eigenvalue weighted by molar-refractivity contribution is 7.80. The molecule has 2 aromatic carbocycles. The molecule has 6 nitrogen and oxygen atoms in total. The fourth-order valence-electron chi connectivity index (χ4n) is 3.35. The van der Waals surface area contributed by atoms with E-state index < -0.39 is 0 Å². The van der Waals surface area contributed by atoms with E-state index in [1.807, 2.05) is 43.0 Å². The minimum atomic E-state index is -0.326. The van der Waals surface area contributed by atoms with Gasteiger partial charge in [0.2, 0.25) is 5.91 Å². The lowest BCUT2D eigenvalue weighted by Gasteiger charge is -2.37. The number of benzene rings is 2. The summed E-state index contributed by atoms with van der Waals surface area (Å²) in [6.07, 6.45) is 0. The normalized spacial score (nSPS) is 13.9. The third-order valence-electron chi connectivity index (χ3n) is 4.89. The Morgan fingerprint density at radius 3 is 2.40 bits per heavy atom. The van der Waals surface area contributed by atoms with Crippen LogP contribution in [0.15, 0.2) is 48.5 Å². The SMILES string of the molecule is CC(C)C(=O)N1CCN(c2ccccc2NC(=S)NC(=O)c2cccc(Cl)c2)CC1. The molecule has 0 radical (unpaired) electrons. The lowest BCUT2D eigenvalue weighted by Crippen LogP contribution is -2.50. The molecule has 3 rings (SSSR count). The van der Waals surface area contributed by atoms with Crippen LogP contribution in [-0.2, 0) is 4.79 Å². The smallest absolute Gasteiger partial charge is 0.257 e. The van der Waals surface area contributed by atoms with E-state index in [2.05, 4.69) is 15.5 Å². The third-order valence-corrected chi connectivity index (χ3v) is 5.33. The van der Waals surface area contributed by atoms with Gasteiger partial charge in [0.05, 0.1) is 11.4 Å². The zero-order chi connectivity index (χ0) is 21.7. The summed E-state index contributed by atoms with van der Waals surface area (Å²) < 4.78 is 0. The van der Waals surface area contributed by atoms with Gasteiger partial charge in [-0.1, -0.05) is 43.6 Å². The van der Waals surface area contributed by atoms with Gasteiger partial charge in [0.25, 0.3) is 5.91 Å². The first-order valence-electron chi connectivity index (χ1n) is 9.86. The number of para-hydroxylation sites is 2. The molecular weight excluding hydrogens is 420 g/mol. The van der Waals surface area contributed by atoms with Crippen LogP contribution in [0.4, 0.5) is 11.4 Å². The van der Waals surface area contributed by atoms with Crippen molar-refractivity contribution in [3.63, 3.8) is 0 Å². The van der Waals surface area contributed by atoms with E-state index in [1.54, 1.807) is 24.3 Å². The highest BCUT2D eigenvalue weighted by Crippen LogP contribution is 2.27. The predicted molar refractivity (Wildman–Crippen MR) is 125 cm³/mol. The molecule has 1 heterocycles. The summed E-state index contributed by atoms with van der Waals surface area (Å²) in [5.74, 6) is -0.134. The van der Waals surface area contributed by atoms with E-state index in [0.717, 1.165) is 24.5 Å². The van der Waals surface area contributed by atoms with Crippen molar-refractivity contribution in [3.05, 3.63) is 59.1 Å². The maximum atomic E-state index is 12.4. The van der Waals surface area contributed by atoms with Crippen molar-refractivity contribution in [1.82, 2.24) is 10.2 Å². The van der Waals surface area contributed by atoms with Crippen molar-refractivity contribution in [3.8, 4) is 0 Å². The molecule has 8 heteroatoms. The second-order valence-corrected chi connectivity index (χ2v) is 8.25. The number of anilines is 2. The molecule has 158 valence electrons. The van der Waals surface area contributed by atoms with E-state index in [-0.39, 0.29) is 22.8 Å². The minimum absolute atomic E-state index is 0.00554. The van der Waals surface area contributed by atoms with Crippen LogP contribution in [0.1, 0.15) is 24.2 Å².